The maximum atomic E-state index is 13.3. The molecule has 0 aromatic heterocycles. The molecule has 2 aromatic rings. The SMILES string of the molecule is CN(CC(=O)Nc1ccc(N2CCOCC2)cc1)S(=O)(=O)c1cccc(F)c1. The number of anilines is 2. The van der Waals surface area contributed by atoms with Gasteiger partial charge < -0.3 is 15.0 Å². The van der Waals surface area contributed by atoms with Gasteiger partial charge in [0.15, 0.2) is 0 Å². The third kappa shape index (κ3) is 4.86. The standard InChI is InChI=1S/C19H22FN3O4S/c1-22(28(25,26)18-4-2-3-15(20)13-18)14-19(24)21-16-5-7-17(8-6-16)23-9-11-27-12-10-23/h2-8,13H,9-12,14H2,1H3,(H,21,24). The molecule has 7 nitrogen and oxygen atoms in total. The lowest BCUT2D eigenvalue weighted by molar-refractivity contribution is -0.116. The lowest BCUT2D eigenvalue weighted by atomic mass is 10.2. The minimum Gasteiger partial charge on any atom is -0.378 e. The van der Waals surface area contributed by atoms with E-state index in [4.69, 9.17) is 4.74 Å². The van der Waals surface area contributed by atoms with Crippen molar-refractivity contribution in [2.75, 3.05) is 50.1 Å². The smallest absolute Gasteiger partial charge is 0.243 e. The number of halogens is 1. The van der Waals surface area contributed by atoms with Gasteiger partial charge in [-0.1, -0.05) is 6.07 Å². The molecule has 2 aromatic carbocycles. The second-order valence-electron chi connectivity index (χ2n) is 6.41. The quantitative estimate of drug-likeness (QED) is 0.792. The van der Waals surface area contributed by atoms with Crippen molar-refractivity contribution in [2.24, 2.45) is 0 Å². The molecule has 1 aliphatic heterocycles. The highest BCUT2D eigenvalue weighted by Crippen LogP contribution is 2.19. The predicted molar refractivity (Wildman–Crippen MR) is 104 cm³/mol. The van der Waals surface area contributed by atoms with Crippen molar-refractivity contribution >= 4 is 27.3 Å². The molecule has 1 N–H and O–H groups in total. The van der Waals surface area contributed by atoms with Gasteiger partial charge in [-0.3, -0.25) is 4.79 Å². The highest BCUT2D eigenvalue weighted by atomic mass is 32.2. The highest BCUT2D eigenvalue weighted by molar-refractivity contribution is 7.89. The third-order valence-electron chi connectivity index (χ3n) is 4.40. The number of likely N-dealkylation sites (N-methyl/N-ethyl adjacent to an activating group) is 1. The summed E-state index contributed by atoms with van der Waals surface area (Å²) < 4.78 is 44.4. The van der Waals surface area contributed by atoms with E-state index in [1.807, 2.05) is 12.1 Å². The average molecular weight is 407 g/mol. The lowest BCUT2D eigenvalue weighted by Gasteiger charge is -2.28. The van der Waals surface area contributed by atoms with Gasteiger partial charge in [0.2, 0.25) is 15.9 Å². The molecular formula is C19H22FN3O4S. The molecule has 1 aliphatic rings. The summed E-state index contributed by atoms with van der Waals surface area (Å²) in [6, 6.07) is 12.0. The van der Waals surface area contributed by atoms with Crippen LogP contribution in [0.2, 0.25) is 0 Å². The number of sulfonamides is 1. The molecule has 1 fully saturated rings. The average Bonchev–Trinajstić information content (AvgIpc) is 2.69. The van der Waals surface area contributed by atoms with Crippen molar-refractivity contribution in [2.45, 2.75) is 4.90 Å². The Kier molecular flexibility index (Phi) is 6.28. The highest BCUT2D eigenvalue weighted by Gasteiger charge is 2.23. The van der Waals surface area contributed by atoms with Gasteiger partial charge in [0, 0.05) is 31.5 Å². The molecule has 1 amide bonds. The molecular weight excluding hydrogens is 385 g/mol. The Balaban J connectivity index is 1.60. The summed E-state index contributed by atoms with van der Waals surface area (Å²) in [5.74, 6) is -1.14. The number of carbonyl (C=O) groups is 1. The van der Waals surface area contributed by atoms with Crippen LogP contribution >= 0.6 is 0 Å². The molecule has 9 heteroatoms. The number of amides is 1. The van der Waals surface area contributed by atoms with Crippen LogP contribution in [0.5, 0.6) is 0 Å². The Morgan fingerprint density at radius 1 is 1.18 bits per heavy atom. The molecule has 0 unspecified atom stereocenters. The molecule has 0 bridgehead atoms. The second-order valence-corrected chi connectivity index (χ2v) is 8.46. The number of nitrogens with one attached hydrogen (secondary N) is 1. The van der Waals surface area contributed by atoms with E-state index in [0.717, 1.165) is 35.2 Å². The monoisotopic (exact) mass is 407 g/mol. The van der Waals surface area contributed by atoms with Crippen LogP contribution in [0.25, 0.3) is 0 Å². The van der Waals surface area contributed by atoms with Gasteiger partial charge in [-0.05, 0) is 42.5 Å². The Morgan fingerprint density at radius 2 is 1.86 bits per heavy atom. The first-order chi connectivity index (χ1) is 13.4. The van der Waals surface area contributed by atoms with E-state index in [1.165, 1.54) is 19.2 Å². The van der Waals surface area contributed by atoms with Gasteiger partial charge in [-0.2, -0.15) is 4.31 Å². The fraction of sp³-hybridized carbons (Fsp3) is 0.316. The molecule has 0 aliphatic carbocycles. The van der Waals surface area contributed by atoms with E-state index in [9.17, 15) is 17.6 Å². The van der Waals surface area contributed by atoms with Gasteiger partial charge in [-0.25, -0.2) is 12.8 Å². The lowest BCUT2D eigenvalue weighted by Crippen LogP contribution is -2.36. The van der Waals surface area contributed by atoms with Crippen LogP contribution in [-0.4, -0.2) is 58.5 Å². The van der Waals surface area contributed by atoms with Crippen molar-refractivity contribution < 1.29 is 22.3 Å². The molecule has 150 valence electrons. The number of morpholine rings is 1. The minimum absolute atomic E-state index is 0.197. The third-order valence-corrected chi connectivity index (χ3v) is 6.20. The Labute approximate surface area is 163 Å². The van der Waals surface area contributed by atoms with Crippen molar-refractivity contribution in [3.8, 4) is 0 Å². The van der Waals surface area contributed by atoms with E-state index in [-0.39, 0.29) is 11.4 Å². The summed E-state index contributed by atoms with van der Waals surface area (Å²) in [6.07, 6.45) is 0. The number of hydrogen-bond donors (Lipinski definition) is 1. The summed E-state index contributed by atoms with van der Waals surface area (Å²) in [6.45, 7) is 2.61. The maximum absolute atomic E-state index is 13.3. The van der Waals surface area contributed by atoms with E-state index in [2.05, 4.69) is 10.2 Å². The minimum atomic E-state index is -3.96. The molecule has 3 rings (SSSR count). The fourth-order valence-corrected chi connectivity index (χ4v) is 4.03. The molecule has 1 saturated heterocycles. The van der Waals surface area contributed by atoms with Crippen LogP contribution < -0.4 is 10.2 Å². The summed E-state index contributed by atoms with van der Waals surface area (Å²) in [7, 11) is -2.68. The van der Waals surface area contributed by atoms with E-state index >= 15 is 0 Å². The number of hydrogen-bond acceptors (Lipinski definition) is 5. The maximum Gasteiger partial charge on any atom is 0.243 e. The van der Waals surface area contributed by atoms with Crippen LogP contribution in [0.1, 0.15) is 0 Å². The number of nitrogens with zero attached hydrogens (tertiary/aromatic N) is 2. The van der Waals surface area contributed by atoms with Crippen molar-refractivity contribution in [3.63, 3.8) is 0 Å². The number of benzene rings is 2. The van der Waals surface area contributed by atoms with Gasteiger partial charge in [-0.15, -0.1) is 0 Å². The Morgan fingerprint density at radius 3 is 2.50 bits per heavy atom. The molecule has 0 spiro atoms. The largest absolute Gasteiger partial charge is 0.378 e. The zero-order chi connectivity index (χ0) is 20.1. The first-order valence-electron chi connectivity index (χ1n) is 8.81. The Bertz CT molecular complexity index is 928. The van der Waals surface area contributed by atoms with Crippen LogP contribution in [0, 0.1) is 5.82 Å². The molecule has 1 heterocycles. The first-order valence-corrected chi connectivity index (χ1v) is 10.2. The van der Waals surface area contributed by atoms with E-state index in [1.54, 1.807) is 12.1 Å². The molecule has 0 saturated carbocycles. The molecule has 28 heavy (non-hydrogen) atoms. The number of ether oxygens (including phenoxy) is 1. The van der Waals surface area contributed by atoms with Gasteiger partial charge in [0.1, 0.15) is 5.82 Å². The summed E-state index contributed by atoms with van der Waals surface area (Å²) in [4.78, 5) is 14.2. The van der Waals surface area contributed by atoms with Crippen molar-refractivity contribution in [1.29, 1.82) is 0 Å². The Hall–Kier alpha value is -2.49. The summed E-state index contributed by atoms with van der Waals surface area (Å²) in [5.41, 5.74) is 1.60. The van der Waals surface area contributed by atoms with Gasteiger partial charge in [0.05, 0.1) is 24.7 Å². The van der Waals surface area contributed by atoms with Crippen molar-refractivity contribution in [1.82, 2.24) is 4.31 Å². The van der Waals surface area contributed by atoms with Gasteiger partial charge >= 0.3 is 0 Å². The zero-order valence-electron chi connectivity index (χ0n) is 15.5. The van der Waals surface area contributed by atoms with Gasteiger partial charge in [0.25, 0.3) is 0 Å². The molecule has 0 atom stereocenters. The number of rotatable bonds is 6. The topological polar surface area (TPSA) is 79.0 Å². The van der Waals surface area contributed by atoms with Crippen LogP contribution in [0.4, 0.5) is 15.8 Å². The fourth-order valence-electron chi connectivity index (χ4n) is 2.87. The van der Waals surface area contributed by atoms with Crippen LogP contribution in [0.15, 0.2) is 53.4 Å². The second kappa shape index (κ2) is 8.68. The van der Waals surface area contributed by atoms with E-state index < -0.39 is 21.7 Å². The van der Waals surface area contributed by atoms with Crippen LogP contribution in [0.3, 0.4) is 0 Å². The molecule has 0 radical (unpaired) electrons. The van der Waals surface area contributed by atoms with E-state index in [0.29, 0.717) is 18.9 Å². The summed E-state index contributed by atoms with van der Waals surface area (Å²) >= 11 is 0. The summed E-state index contributed by atoms with van der Waals surface area (Å²) in [5, 5.41) is 2.68. The first kappa shape index (κ1) is 20.2. The zero-order valence-corrected chi connectivity index (χ0v) is 16.3. The normalized spacial score (nSPS) is 14.9. The van der Waals surface area contributed by atoms with Crippen LogP contribution in [-0.2, 0) is 19.6 Å². The predicted octanol–water partition coefficient (Wildman–Crippen LogP) is 1.92. The number of carbonyl (C=O) groups excluding carboxylic acids is 1. The van der Waals surface area contributed by atoms with Crippen molar-refractivity contribution in [3.05, 3.63) is 54.3 Å².